The summed E-state index contributed by atoms with van der Waals surface area (Å²) >= 11 is 0. The van der Waals surface area contributed by atoms with Crippen molar-refractivity contribution in [3.8, 4) is 17.0 Å². The number of carbonyl (C=O) groups excluding carboxylic acids is 2. The second-order valence-corrected chi connectivity index (χ2v) is 16.2. The molecule has 2 aliphatic heterocycles. The molecule has 0 radical (unpaired) electrons. The van der Waals surface area contributed by atoms with Crippen LogP contribution in [0.5, 0.6) is 5.88 Å². The average Bonchev–Trinajstić information content (AvgIpc) is 3.48. The van der Waals surface area contributed by atoms with Gasteiger partial charge in [-0.1, -0.05) is 50.3 Å². The molecule has 2 N–H and O–H groups in total. The molecule has 292 valence electrons. The van der Waals surface area contributed by atoms with Crippen LogP contribution in [0.4, 0.5) is 29.7 Å². The van der Waals surface area contributed by atoms with E-state index >= 15 is 0 Å². The van der Waals surface area contributed by atoms with Gasteiger partial charge in [-0.2, -0.15) is 23.1 Å². The molecule has 16 heteroatoms. The summed E-state index contributed by atoms with van der Waals surface area (Å²) in [6.07, 6.45) is -2.08. The number of allylic oxidation sites excluding steroid dienone is 1. The second-order valence-electron chi connectivity index (χ2n) is 14.2. The number of hydrogen-bond donors (Lipinski definition) is 1. The first-order valence-corrected chi connectivity index (χ1v) is 19.6. The Bertz CT molecular complexity index is 1980. The third kappa shape index (κ3) is 9.43. The minimum absolute atomic E-state index is 0.0452. The average molecular weight is 774 g/mol. The molecule has 12 nitrogen and oxygen atoms in total. The van der Waals surface area contributed by atoms with Crippen molar-refractivity contribution < 1.29 is 45.4 Å². The van der Waals surface area contributed by atoms with E-state index in [9.17, 15) is 31.2 Å². The molecule has 0 bridgehead atoms. The van der Waals surface area contributed by atoms with Gasteiger partial charge in [-0.15, -0.1) is 0 Å². The summed E-state index contributed by atoms with van der Waals surface area (Å²) in [7, 11) is -3.66. The third-order valence-corrected chi connectivity index (χ3v) is 10.6. The third-order valence-electron chi connectivity index (χ3n) is 9.52. The molecule has 1 unspecified atom stereocenters. The Kier molecular flexibility index (Phi) is 12.1. The fraction of sp³-hybridized carbons (Fsp3) is 0.474. The summed E-state index contributed by atoms with van der Waals surface area (Å²) in [5.74, 6) is -0.830. The maximum atomic E-state index is 15.0. The topological polar surface area (TPSA) is 154 Å². The lowest BCUT2D eigenvalue weighted by Crippen LogP contribution is -2.44. The van der Waals surface area contributed by atoms with Crippen LogP contribution in [-0.4, -0.2) is 86.7 Å². The highest BCUT2D eigenvalue weighted by atomic mass is 32.2. The van der Waals surface area contributed by atoms with E-state index in [2.05, 4.69) is 9.97 Å². The summed E-state index contributed by atoms with van der Waals surface area (Å²) in [4.78, 5) is 37.5. The number of carbonyl (C=O) groups is 2. The molecule has 2 saturated heterocycles. The summed E-state index contributed by atoms with van der Waals surface area (Å²) in [6.45, 7) is 8.76. The minimum Gasteiger partial charge on any atom is -0.464 e. The Morgan fingerprint density at radius 2 is 1.80 bits per heavy atom. The summed E-state index contributed by atoms with van der Waals surface area (Å²) in [6, 6.07) is 10.6. The predicted octanol–water partition coefficient (Wildman–Crippen LogP) is 6.86. The van der Waals surface area contributed by atoms with E-state index in [0.29, 0.717) is 37.9 Å². The monoisotopic (exact) mass is 773 g/mol. The van der Waals surface area contributed by atoms with E-state index in [-0.39, 0.29) is 59.0 Å². The number of hydrogen-bond acceptors (Lipinski definition) is 11. The Morgan fingerprint density at radius 3 is 2.43 bits per heavy atom. The van der Waals surface area contributed by atoms with Crippen LogP contribution in [0, 0.1) is 11.3 Å². The van der Waals surface area contributed by atoms with Gasteiger partial charge in [-0.3, -0.25) is 4.90 Å². The number of aromatic nitrogens is 2. The number of sulfone groups is 1. The highest BCUT2D eigenvalue weighted by molar-refractivity contribution is 7.90. The molecule has 1 spiro atoms. The van der Waals surface area contributed by atoms with E-state index in [4.69, 9.17) is 19.9 Å². The van der Waals surface area contributed by atoms with Crippen LogP contribution in [0.3, 0.4) is 0 Å². The molecule has 54 heavy (non-hydrogen) atoms. The van der Waals surface area contributed by atoms with Crippen molar-refractivity contribution in [1.82, 2.24) is 14.9 Å². The summed E-state index contributed by atoms with van der Waals surface area (Å²) < 4.78 is 85.9. The van der Waals surface area contributed by atoms with Gasteiger partial charge in [0, 0.05) is 37.5 Å². The van der Waals surface area contributed by atoms with Crippen molar-refractivity contribution in [2.24, 2.45) is 11.3 Å². The van der Waals surface area contributed by atoms with Crippen molar-refractivity contribution >= 4 is 39.7 Å². The molecular formula is C38H46F3N5O7S. The van der Waals surface area contributed by atoms with Crippen molar-refractivity contribution in [3.63, 3.8) is 0 Å². The Morgan fingerprint density at radius 1 is 1.07 bits per heavy atom. The number of nitrogens with zero attached hydrogens (tertiary/aromatic N) is 4. The SMILES string of the molecule is CC=Cc1ccc([C@@H](Oc2cc(N3CCC4(CC3)CC(C(=O)OCC)N(C(=O)OCC(C)C)C4)nc(N)n2)C(F)(F)F)c(-c2cccc(S(C)(=O)=O)c2)c1. The van der Waals surface area contributed by atoms with Gasteiger partial charge in [-0.05, 0) is 79.3 Å². The van der Waals surface area contributed by atoms with Crippen LogP contribution in [0.15, 0.2) is 59.5 Å². The normalized spacial score (nSPS) is 18.0. The number of halogens is 3. The lowest BCUT2D eigenvalue weighted by Gasteiger charge is -2.39. The fourth-order valence-corrected chi connectivity index (χ4v) is 7.58. The number of nitrogen functional groups attached to an aromatic ring is 1. The first kappa shape index (κ1) is 40.3. The molecular weight excluding hydrogens is 728 g/mol. The van der Waals surface area contributed by atoms with Crippen molar-refractivity contribution in [3.05, 3.63) is 65.7 Å². The van der Waals surface area contributed by atoms with E-state index in [0.717, 1.165) is 6.26 Å². The second kappa shape index (κ2) is 16.2. The molecule has 3 aromatic rings. The number of alkyl halides is 3. The molecule has 5 rings (SSSR count). The van der Waals surface area contributed by atoms with E-state index in [1.165, 1.54) is 47.4 Å². The predicted molar refractivity (Wildman–Crippen MR) is 197 cm³/mol. The molecule has 2 fully saturated rings. The number of anilines is 2. The zero-order chi connectivity index (χ0) is 39.4. The molecule has 2 aliphatic rings. The fourth-order valence-electron chi connectivity index (χ4n) is 6.91. The molecule has 1 aromatic heterocycles. The Labute approximate surface area is 313 Å². The lowest BCUT2D eigenvalue weighted by atomic mass is 9.76. The van der Waals surface area contributed by atoms with Crippen LogP contribution < -0.4 is 15.4 Å². The van der Waals surface area contributed by atoms with Crippen molar-refractivity contribution in [2.45, 2.75) is 70.2 Å². The van der Waals surface area contributed by atoms with Gasteiger partial charge < -0.3 is 24.8 Å². The zero-order valence-corrected chi connectivity index (χ0v) is 31.7. The molecule has 0 aliphatic carbocycles. The molecule has 1 amide bonds. The molecule has 0 saturated carbocycles. The van der Waals surface area contributed by atoms with Crippen LogP contribution in [0.1, 0.15) is 64.2 Å². The van der Waals surface area contributed by atoms with E-state index in [1.807, 2.05) is 18.7 Å². The van der Waals surface area contributed by atoms with Crippen LogP contribution in [-0.2, 0) is 24.1 Å². The van der Waals surface area contributed by atoms with E-state index < -0.39 is 51.5 Å². The first-order valence-electron chi connectivity index (χ1n) is 17.7. The maximum absolute atomic E-state index is 15.0. The number of nitrogens with two attached hydrogens (primary N) is 1. The van der Waals surface area contributed by atoms with Gasteiger partial charge in [0.15, 0.2) is 9.84 Å². The van der Waals surface area contributed by atoms with Gasteiger partial charge in [0.25, 0.3) is 0 Å². The zero-order valence-electron chi connectivity index (χ0n) is 30.9. The number of rotatable bonds is 11. The van der Waals surface area contributed by atoms with Gasteiger partial charge >= 0.3 is 18.2 Å². The Hall–Kier alpha value is -4.86. The minimum atomic E-state index is -4.93. The highest BCUT2D eigenvalue weighted by Crippen LogP contribution is 2.46. The van der Waals surface area contributed by atoms with Gasteiger partial charge in [-0.25, -0.2) is 18.0 Å². The molecule has 2 aromatic carbocycles. The smallest absolute Gasteiger partial charge is 0.429 e. The molecule has 3 heterocycles. The number of benzene rings is 2. The Balaban J connectivity index is 1.41. The standard InChI is InChI=1S/C38H46F3N5O7S/c1-6-9-25-12-13-28(29(18-25)26-10-8-11-27(19-26)54(5,49)50)33(38(39,40)41)53-32-20-31(43-35(42)44-32)45-16-14-37(15-17-45)21-30(34(47)51-7-2)46(23-37)36(48)52-22-24(3)4/h6,8-13,18-20,24,30,33H,7,14-17,21-23H2,1-5H3,(H2,42,43,44)/t30?,33-/m1/s1. The van der Waals surface area contributed by atoms with Gasteiger partial charge in [0.1, 0.15) is 11.9 Å². The highest BCUT2D eigenvalue weighted by Gasteiger charge is 2.51. The van der Waals surface area contributed by atoms with Gasteiger partial charge in [0.05, 0.1) is 18.1 Å². The quantitative estimate of drug-likeness (QED) is 0.203. The summed E-state index contributed by atoms with van der Waals surface area (Å²) in [5, 5.41) is 0. The molecule has 2 atom stereocenters. The number of amides is 1. The summed E-state index contributed by atoms with van der Waals surface area (Å²) in [5.41, 5.74) is 6.34. The first-order chi connectivity index (χ1) is 25.4. The number of ether oxygens (including phenoxy) is 3. The number of esters is 1. The van der Waals surface area contributed by atoms with Crippen LogP contribution in [0.2, 0.25) is 0 Å². The lowest BCUT2D eigenvalue weighted by molar-refractivity contribution is -0.198. The van der Waals surface area contributed by atoms with Crippen LogP contribution >= 0.6 is 0 Å². The van der Waals surface area contributed by atoms with Gasteiger partial charge in [0.2, 0.25) is 17.9 Å². The number of likely N-dealkylation sites (tertiary alicyclic amines) is 1. The largest absolute Gasteiger partial charge is 0.464 e. The van der Waals surface area contributed by atoms with Crippen LogP contribution in [0.25, 0.3) is 17.2 Å². The number of piperidine rings is 1. The van der Waals surface area contributed by atoms with E-state index in [1.54, 1.807) is 32.1 Å². The van der Waals surface area contributed by atoms with Crippen molar-refractivity contribution in [1.29, 1.82) is 0 Å². The maximum Gasteiger partial charge on any atom is 0.429 e. The van der Waals surface area contributed by atoms with Crippen molar-refractivity contribution in [2.75, 3.05) is 49.7 Å².